The molecule has 1 aliphatic heterocycles. The van der Waals surface area contributed by atoms with E-state index in [0.717, 1.165) is 34.5 Å². The molecule has 0 radical (unpaired) electrons. The highest BCUT2D eigenvalue weighted by Gasteiger charge is 2.30. The highest BCUT2D eigenvalue weighted by Crippen LogP contribution is 2.22. The first kappa shape index (κ1) is 19.1. The van der Waals surface area contributed by atoms with Crippen molar-refractivity contribution >= 4 is 28.4 Å². The number of benzene rings is 1. The normalized spacial score (nSPS) is 14.3. The van der Waals surface area contributed by atoms with Crippen LogP contribution in [0.4, 0.5) is 5.69 Å². The van der Waals surface area contributed by atoms with Crippen molar-refractivity contribution in [3.8, 4) is 0 Å². The third-order valence-corrected chi connectivity index (χ3v) is 4.73. The van der Waals surface area contributed by atoms with Crippen LogP contribution >= 0.6 is 0 Å². The Morgan fingerprint density at radius 2 is 1.93 bits per heavy atom. The van der Waals surface area contributed by atoms with E-state index in [1.807, 2.05) is 29.1 Å². The van der Waals surface area contributed by atoms with E-state index >= 15 is 0 Å². The van der Waals surface area contributed by atoms with E-state index in [1.165, 1.54) is 31.8 Å². The zero-order valence-corrected chi connectivity index (χ0v) is 15.6. The molecule has 1 aromatic heterocycles. The molecule has 7 nitrogen and oxygen atoms in total. The van der Waals surface area contributed by atoms with Crippen molar-refractivity contribution in [3.05, 3.63) is 36.2 Å². The van der Waals surface area contributed by atoms with Gasteiger partial charge in [0.15, 0.2) is 0 Å². The number of aromatic nitrogens is 2. The monoisotopic (exact) mass is 370 g/mol. The fourth-order valence-electron chi connectivity index (χ4n) is 3.26. The predicted molar refractivity (Wildman–Crippen MR) is 104 cm³/mol. The fraction of sp³-hybridized carbons (Fsp3) is 0.450. The van der Waals surface area contributed by atoms with E-state index < -0.39 is 11.8 Å². The highest BCUT2D eigenvalue weighted by molar-refractivity contribution is 6.17. The maximum atomic E-state index is 12.3. The molecule has 2 heterocycles. The largest absolute Gasteiger partial charge is 0.395 e. The Bertz CT molecular complexity index is 856. The quantitative estimate of drug-likeness (QED) is 0.496. The number of carbonyl (C=O) groups is 2. The number of aliphatic hydroxyl groups excluding tert-OH is 1. The number of fused-ring (bicyclic) bond motifs is 1. The second kappa shape index (κ2) is 8.81. The van der Waals surface area contributed by atoms with Crippen LogP contribution in [0.1, 0.15) is 39.0 Å². The Hall–Kier alpha value is -2.67. The van der Waals surface area contributed by atoms with Crippen LogP contribution in [-0.2, 0) is 16.1 Å². The van der Waals surface area contributed by atoms with E-state index in [-0.39, 0.29) is 18.8 Å². The van der Waals surface area contributed by atoms with Crippen molar-refractivity contribution in [2.45, 2.75) is 45.6 Å². The number of rotatable bonds is 10. The van der Waals surface area contributed by atoms with Crippen LogP contribution in [0, 0.1) is 0 Å². The number of carbonyl (C=O) groups excluding carboxylic acids is 2. The molecule has 2 amide bonds. The van der Waals surface area contributed by atoms with Gasteiger partial charge in [0.05, 0.1) is 24.9 Å². The summed E-state index contributed by atoms with van der Waals surface area (Å²) in [7, 11) is 0. The molecular formula is C20H26N4O3. The number of aryl methyl sites for hydroxylation is 1. The van der Waals surface area contributed by atoms with E-state index in [2.05, 4.69) is 17.3 Å². The first-order valence-corrected chi connectivity index (χ1v) is 9.55. The number of unbranched alkanes of at least 4 members (excludes halogenated alkanes) is 4. The molecule has 0 atom stereocenters. The van der Waals surface area contributed by atoms with Gasteiger partial charge in [-0.1, -0.05) is 32.6 Å². The van der Waals surface area contributed by atoms with Crippen LogP contribution in [0.15, 0.2) is 36.2 Å². The second-order valence-corrected chi connectivity index (χ2v) is 6.76. The van der Waals surface area contributed by atoms with Crippen LogP contribution in [0.25, 0.3) is 10.9 Å². The summed E-state index contributed by atoms with van der Waals surface area (Å²) in [6.07, 6.45) is 9.14. The third kappa shape index (κ3) is 4.36. The fourth-order valence-corrected chi connectivity index (χ4v) is 3.26. The first-order valence-electron chi connectivity index (χ1n) is 9.55. The zero-order valence-electron chi connectivity index (χ0n) is 15.6. The van der Waals surface area contributed by atoms with Gasteiger partial charge in [-0.3, -0.25) is 19.2 Å². The summed E-state index contributed by atoms with van der Waals surface area (Å²) in [5.74, 6) is -0.826. The molecule has 0 saturated heterocycles. The van der Waals surface area contributed by atoms with Crippen LogP contribution < -0.4 is 5.32 Å². The lowest BCUT2D eigenvalue weighted by Gasteiger charge is -2.13. The van der Waals surface area contributed by atoms with Gasteiger partial charge >= 0.3 is 0 Å². The number of imide groups is 1. The van der Waals surface area contributed by atoms with Gasteiger partial charge in [0, 0.05) is 23.7 Å². The second-order valence-electron chi connectivity index (χ2n) is 6.76. The van der Waals surface area contributed by atoms with Gasteiger partial charge in [0.2, 0.25) is 0 Å². The molecule has 0 bridgehead atoms. The van der Waals surface area contributed by atoms with Gasteiger partial charge in [0.25, 0.3) is 11.8 Å². The molecular weight excluding hydrogens is 344 g/mol. The smallest absolute Gasteiger partial charge is 0.277 e. The SMILES string of the molecule is CCCCCCCn1ncc2ccc(NC3=CC(=O)N(CCO)C3=O)cc21. The van der Waals surface area contributed by atoms with Gasteiger partial charge < -0.3 is 10.4 Å². The molecule has 1 aromatic carbocycles. The minimum atomic E-state index is -0.418. The van der Waals surface area contributed by atoms with E-state index in [0.29, 0.717) is 0 Å². The number of amides is 2. The van der Waals surface area contributed by atoms with Crippen molar-refractivity contribution < 1.29 is 14.7 Å². The summed E-state index contributed by atoms with van der Waals surface area (Å²) in [5.41, 5.74) is 1.95. The number of nitrogens with one attached hydrogen (secondary N) is 1. The number of β-amino-alcohol motifs (C(OH)–C–C–N with tert-alkyl or cyclic N) is 1. The van der Waals surface area contributed by atoms with Gasteiger partial charge in [-0.25, -0.2) is 0 Å². The van der Waals surface area contributed by atoms with Crippen molar-refractivity contribution in [1.29, 1.82) is 0 Å². The van der Waals surface area contributed by atoms with Crippen molar-refractivity contribution in [3.63, 3.8) is 0 Å². The molecule has 0 saturated carbocycles. The molecule has 1 aliphatic rings. The summed E-state index contributed by atoms with van der Waals surface area (Å²) in [6, 6.07) is 5.76. The van der Waals surface area contributed by atoms with Crippen molar-refractivity contribution in [2.75, 3.05) is 18.5 Å². The van der Waals surface area contributed by atoms with Crippen LogP contribution in [-0.4, -0.2) is 44.8 Å². The number of aliphatic hydroxyl groups is 1. The molecule has 7 heteroatoms. The maximum absolute atomic E-state index is 12.3. The standard InChI is InChI=1S/C20H26N4O3/c1-2-3-4-5-6-9-24-18-12-16(8-7-15(18)14-21-24)22-17-13-19(26)23(10-11-25)20(17)27/h7-8,12-14,22,25H,2-6,9-11H2,1H3. The molecule has 0 spiro atoms. The first-order chi connectivity index (χ1) is 13.1. The van der Waals surface area contributed by atoms with Crippen molar-refractivity contribution in [1.82, 2.24) is 14.7 Å². The van der Waals surface area contributed by atoms with Gasteiger partial charge in [-0.05, 0) is 24.6 Å². The number of nitrogens with zero attached hydrogens (tertiary/aromatic N) is 3. The van der Waals surface area contributed by atoms with Gasteiger partial charge in [-0.2, -0.15) is 5.10 Å². The summed E-state index contributed by atoms with van der Waals surface area (Å²) >= 11 is 0. The Morgan fingerprint density at radius 3 is 2.70 bits per heavy atom. The Balaban J connectivity index is 1.69. The van der Waals surface area contributed by atoms with E-state index in [9.17, 15) is 9.59 Å². The number of hydrogen-bond donors (Lipinski definition) is 2. The molecule has 0 unspecified atom stereocenters. The molecule has 144 valence electrons. The van der Waals surface area contributed by atoms with Crippen LogP contribution in [0.3, 0.4) is 0 Å². The highest BCUT2D eigenvalue weighted by atomic mass is 16.3. The lowest BCUT2D eigenvalue weighted by atomic mass is 10.1. The summed E-state index contributed by atoms with van der Waals surface area (Å²) in [5, 5.41) is 17.5. The molecule has 2 N–H and O–H groups in total. The Morgan fingerprint density at radius 1 is 1.11 bits per heavy atom. The average Bonchev–Trinajstić information content (AvgIpc) is 3.18. The van der Waals surface area contributed by atoms with E-state index in [4.69, 9.17) is 5.11 Å². The lowest BCUT2D eigenvalue weighted by Crippen LogP contribution is -2.34. The van der Waals surface area contributed by atoms with Crippen LogP contribution in [0.2, 0.25) is 0 Å². The minimum absolute atomic E-state index is 0.00316. The number of anilines is 1. The van der Waals surface area contributed by atoms with Crippen molar-refractivity contribution in [2.24, 2.45) is 0 Å². The third-order valence-electron chi connectivity index (χ3n) is 4.73. The van der Waals surface area contributed by atoms with Gasteiger partial charge in [0.1, 0.15) is 5.70 Å². The predicted octanol–water partition coefficient (Wildman–Crippen LogP) is 2.66. The summed E-state index contributed by atoms with van der Waals surface area (Å²) in [4.78, 5) is 25.2. The zero-order chi connectivity index (χ0) is 19.2. The molecule has 0 aliphatic carbocycles. The molecule has 3 rings (SSSR count). The van der Waals surface area contributed by atoms with Gasteiger partial charge in [-0.15, -0.1) is 0 Å². The summed E-state index contributed by atoms with van der Waals surface area (Å²) < 4.78 is 1.99. The Labute approximate surface area is 158 Å². The lowest BCUT2D eigenvalue weighted by molar-refractivity contribution is -0.137. The minimum Gasteiger partial charge on any atom is -0.395 e. The topological polar surface area (TPSA) is 87.5 Å². The molecule has 27 heavy (non-hydrogen) atoms. The summed E-state index contributed by atoms with van der Waals surface area (Å²) in [6.45, 7) is 2.82. The maximum Gasteiger partial charge on any atom is 0.277 e. The number of hydrogen-bond acceptors (Lipinski definition) is 5. The molecule has 2 aromatic rings. The molecule has 0 fully saturated rings. The van der Waals surface area contributed by atoms with E-state index in [1.54, 1.807) is 0 Å². The Kier molecular flexibility index (Phi) is 6.24. The average molecular weight is 370 g/mol. The van der Waals surface area contributed by atoms with Crippen LogP contribution in [0.5, 0.6) is 0 Å².